The molecular weight excluding hydrogens is 261 g/mol. The van der Waals surface area contributed by atoms with Gasteiger partial charge in [-0.3, -0.25) is 13.8 Å². The topological polar surface area (TPSA) is 64.6 Å². The summed E-state index contributed by atoms with van der Waals surface area (Å²) in [7, 11) is -1.91. The maximum Gasteiger partial charge on any atom is 0.438 e. The van der Waals surface area contributed by atoms with Gasteiger partial charge in [0.1, 0.15) is 0 Å². The Balaban J connectivity index is 2.76. The van der Waals surface area contributed by atoms with E-state index in [9.17, 15) is 8.77 Å². The lowest BCUT2D eigenvalue weighted by molar-refractivity contribution is 0.235. The molecule has 0 spiro atoms. The summed E-state index contributed by atoms with van der Waals surface area (Å²) < 4.78 is 36.6. The van der Waals surface area contributed by atoms with Crippen LogP contribution >= 0.6 is 6.80 Å². The van der Waals surface area contributed by atoms with Gasteiger partial charge in [0.05, 0.1) is 13.2 Å². The van der Waals surface area contributed by atoms with Gasteiger partial charge in [-0.1, -0.05) is 18.2 Å². The van der Waals surface area contributed by atoms with E-state index in [-0.39, 0.29) is 13.2 Å². The molecule has 0 bridgehead atoms. The maximum absolute atomic E-state index is 12.1. The van der Waals surface area contributed by atoms with E-state index in [1.165, 1.54) is 0 Å². The molecule has 0 heterocycles. The first kappa shape index (κ1) is 14.4. The number of nitrogens with one attached hydrogen (secondary N) is 1. The van der Waals surface area contributed by atoms with Crippen LogP contribution < -0.4 is 4.72 Å². The summed E-state index contributed by atoms with van der Waals surface area (Å²) in [5, 5.41) is 0. The summed E-state index contributed by atoms with van der Waals surface area (Å²) >= 11 is 0. The van der Waals surface area contributed by atoms with Crippen molar-refractivity contribution in [3.63, 3.8) is 0 Å². The minimum atomic E-state index is -3.61. The highest BCUT2D eigenvalue weighted by atomic mass is 32.8. The molecular formula is C10H16NO4PS. The third-order valence-electron chi connectivity index (χ3n) is 1.76. The molecule has 1 rings (SSSR count). The van der Waals surface area contributed by atoms with Crippen LogP contribution in [0.5, 0.6) is 0 Å². The Hall–Kier alpha value is -0.680. The van der Waals surface area contributed by atoms with E-state index in [1.807, 2.05) is 6.07 Å². The number of benzene rings is 1. The smallest absolute Gasteiger partial charge is 0.298 e. The highest BCUT2D eigenvalue weighted by molar-refractivity contribution is 8.46. The molecule has 0 aliphatic heterocycles. The van der Waals surface area contributed by atoms with Gasteiger partial charge in [-0.25, -0.2) is 8.77 Å². The molecule has 1 N–H and O–H groups in total. The van der Waals surface area contributed by atoms with Gasteiger partial charge in [-0.15, -0.1) is 0 Å². The highest BCUT2D eigenvalue weighted by Crippen LogP contribution is 2.52. The Morgan fingerprint density at radius 1 is 1.18 bits per heavy atom. The second kappa shape index (κ2) is 6.91. The van der Waals surface area contributed by atoms with E-state index in [1.54, 1.807) is 38.1 Å². The zero-order chi connectivity index (χ0) is 12.7. The van der Waals surface area contributed by atoms with E-state index in [2.05, 4.69) is 4.72 Å². The van der Waals surface area contributed by atoms with Crippen molar-refractivity contribution in [2.75, 3.05) is 17.9 Å². The van der Waals surface area contributed by atoms with Gasteiger partial charge in [0.2, 0.25) is 10.6 Å². The largest absolute Gasteiger partial charge is 0.438 e. The molecule has 0 aliphatic rings. The van der Waals surface area contributed by atoms with Crippen molar-refractivity contribution in [3.8, 4) is 0 Å². The molecule has 1 aromatic carbocycles. The minimum absolute atomic E-state index is 0.180. The van der Waals surface area contributed by atoms with Crippen molar-refractivity contribution < 1.29 is 17.8 Å². The van der Waals surface area contributed by atoms with Crippen LogP contribution in [0, 0.1) is 0 Å². The molecule has 0 aliphatic carbocycles. The Labute approximate surface area is 103 Å². The van der Waals surface area contributed by atoms with Crippen molar-refractivity contribution >= 4 is 23.1 Å². The van der Waals surface area contributed by atoms with Crippen LogP contribution in [-0.2, 0) is 24.2 Å². The van der Waals surface area contributed by atoms with Crippen molar-refractivity contribution in [2.45, 2.75) is 13.8 Å². The van der Waals surface area contributed by atoms with E-state index in [0.717, 1.165) is 0 Å². The summed E-state index contributed by atoms with van der Waals surface area (Å²) in [6.45, 7) is 0.0894. The number of rotatable bonds is 7. The average molecular weight is 277 g/mol. The second-order valence-corrected chi connectivity index (χ2v) is 7.45. The molecule has 1 atom stereocenters. The first-order valence-corrected chi connectivity index (χ1v) is 8.55. The van der Waals surface area contributed by atoms with Gasteiger partial charge >= 0.3 is 6.80 Å². The predicted octanol–water partition coefficient (Wildman–Crippen LogP) is 2.94. The standard InChI is InChI=1S/C10H16NO4PS/c1-3-14-16(12,15-4-2)17(13)11-10-8-6-5-7-9-10/h5-9,11H,3-4H2,1-2H3. The fourth-order valence-corrected chi connectivity index (χ4v) is 4.32. The lowest BCUT2D eigenvalue weighted by atomic mass is 10.3. The van der Waals surface area contributed by atoms with Gasteiger partial charge in [-0.2, -0.15) is 0 Å². The van der Waals surface area contributed by atoms with Crippen molar-refractivity contribution in [2.24, 2.45) is 0 Å². The molecule has 0 amide bonds. The summed E-state index contributed by atoms with van der Waals surface area (Å²) in [5.74, 6) is 0. The molecule has 1 unspecified atom stereocenters. The molecule has 96 valence electrons. The quantitative estimate of drug-likeness (QED) is 0.778. The summed E-state index contributed by atoms with van der Waals surface area (Å²) in [5.41, 5.74) is 0.602. The normalized spacial score (nSPS) is 13.3. The van der Waals surface area contributed by atoms with E-state index < -0.39 is 17.4 Å². The monoisotopic (exact) mass is 277 g/mol. The minimum Gasteiger partial charge on any atom is -0.298 e. The van der Waals surface area contributed by atoms with Gasteiger partial charge in [0.15, 0.2) is 0 Å². The van der Waals surface area contributed by atoms with Crippen LogP contribution in [0.25, 0.3) is 0 Å². The molecule has 17 heavy (non-hydrogen) atoms. The summed E-state index contributed by atoms with van der Waals surface area (Å²) in [4.78, 5) is 0. The molecule has 0 saturated carbocycles. The van der Waals surface area contributed by atoms with Crippen LogP contribution in [0.3, 0.4) is 0 Å². The lowest BCUT2D eigenvalue weighted by Crippen LogP contribution is -2.09. The van der Waals surface area contributed by atoms with E-state index >= 15 is 0 Å². The maximum atomic E-state index is 12.1. The number of para-hydroxylation sites is 1. The zero-order valence-corrected chi connectivity index (χ0v) is 11.5. The number of hydrogen-bond donors (Lipinski definition) is 1. The average Bonchev–Trinajstić information content (AvgIpc) is 2.31. The first-order chi connectivity index (χ1) is 8.12. The Morgan fingerprint density at radius 3 is 2.18 bits per heavy atom. The number of hydrogen-bond acceptors (Lipinski definition) is 4. The van der Waals surface area contributed by atoms with E-state index in [4.69, 9.17) is 9.05 Å². The second-order valence-electron chi connectivity index (χ2n) is 3.00. The third kappa shape index (κ3) is 4.24. The van der Waals surface area contributed by atoms with Crippen LogP contribution in [0.15, 0.2) is 30.3 Å². The van der Waals surface area contributed by atoms with Crippen molar-refractivity contribution in [1.82, 2.24) is 0 Å². The molecule has 0 saturated heterocycles. The fourth-order valence-electron chi connectivity index (χ4n) is 1.11. The zero-order valence-electron chi connectivity index (χ0n) is 9.79. The van der Waals surface area contributed by atoms with Gasteiger partial charge < -0.3 is 0 Å². The molecule has 0 fully saturated rings. The van der Waals surface area contributed by atoms with Crippen molar-refractivity contribution in [1.29, 1.82) is 0 Å². The summed E-state index contributed by atoms with van der Waals surface area (Å²) in [6.07, 6.45) is 0. The lowest BCUT2D eigenvalue weighted by Gasteiger charge is -2.16. The van der Waals surface area contributed by atoms with Gasteiger partial charge in [0.25, 0.3) is 0 Å². The Kier molecular flexibility index (Phi) is 5.85. The Bertz CT molecular complexity index is 402. The van der Waals surface area contributed by atoms with Gasteiger partial charge in [-0.05, 0) is 26.0 Å². The highest BCUT2D eigenvalue weighted by Gasteiger charge is 2.32. The fraction of sp³-hybridized carbons (Fsp3) is 0.400. The molecule has 1 aromatic rings. The molecule has 5 nitrogen and oxygen atoms in total. The third-order valence-corrected chi connectivity index (χ3v) is 5.85. The predicted molar refractivity (Wildman–Crippen MR) is 69.1 cm³/mol. The van der Waals surface area contributed by atoms with Crippen LogP contribution in [-0.4, -0.2) is 17.4 Å². The Morgan fingerprint density at radius 2 is 1.71 bits per heavy atom. The van der Waals surface area contributed by atoms with Crippen molar-refractivity contribution in [3.05, 3.63) is 30.3 Å². The summed E-state index contributed by atoms with van der Waals surface area (Å²) in [6, 6.07) is 8.84. The van der Waals surface area contributed by atoms with Crippen LogP contribution in [0.4, 0.5) is 5.69 Å². The number of anilines is 1. The first-order valence-electron chi connectivity index (χ1n) is 5.25. The SMILES string of the molecule is CCOP(=O)(OCC)S(=O)Nc1ccccc1. The van der Waals surface area contributed by atoms with E-state index in [0.29, 0.717) is 5.69 Å². The molecule has 7 heteroatoms. The van der Waals surface area contributed by atoms with Crippen LogP contribution in [0.1, 0.15) is 13.8 Å². The van der Waals surface area contributed by atoms with Gasteiger partial charge in [0, 0.05) is 5.69 Å². The van der Waals surface area contributed by atoms with Crippen LogP contribution in [0.2, 0.25) is 0 Å². The molecule has 0 radical (unpaired) electrons. The molecule has 0 aromatic heterocycles.